The van der Waals surface area contributed by atoms with Gasteiger partial charge in [0.05, 0.1) is 0 Å². The van der Waals surface area contributed by atoms with E-state index in [1.807, 2.05) is 6.92 Å². The van der Waals surface area contributed by atoms with Gasteiger partial charge >= 0.3 is 0 Å². The van der Waals surface area contributed by atoms with Crippen LogP contribution in [0.1, 0.15) is 71.6 Å². The second kappa shape index (κ2) is 6.36. The molecule has 2 unspecified atom stereocenters. The van der Waals surface area contributed by atoms with Crippen LogP contribution in [0, 0.1) is 11.8 Å². The summed E-state index contributed by atoms with van der Waals surface area (Å²) >= 11 is 0. The Hall–Kier alpha value is -0.110. The van der Waals surface area contributed by atoms with Gasteiger partial charge in [0.25, 0.3) is 0 Å². The summed E-state index contributed by atoms with van der Waals surface area (Å²) in [6.07, 6.45) is 10.4. The van der Waals surface area contributed by atoms with Crippen molar-refractivity contribution in [2.75, 3.05) is 6.54 Å². The topological polar surface area (TPSA) is 12.0 Å². The molecule has 0 aromatic carbocycles. The number of hydrogen-bond donors (Lipinski definition) is 1. The minimum atomic E-state index is -0.951. The molecule has 2 heteroatoms. The third-order valence-corrected chi connectivity index (χ3v) is 5.33. The van der Waals surface area contributed by atoms with Crippen LogP contribution in [0.25, 0.3) is 0 Å². The monoisotopic (exact) mass is 255 g/mol. The SMILES string of the molecule is CCC1CCC(C(C)(F)CC2CCCCN2)CC1. The lowest BCUT2D eigenvalue weighted by atomic mass is 9.72. The van der Waals surface area contributed by atoms with Crippen LogP contribution in [-0.2, 0) is 0 Å². The number of rotatable bonds is 4. The molecule has 0 amide bonds. The van der Waals surface area contributed by atoms with Crippen molar-refractivity contribution in [3.05, 3.63) is 0 Å². The van der Waals surface area contributed by atoms with E-state index in [1.165, 1.54) is 38.5 Å². The molecular weight excluding hydrogens is 225 g/mol. The fourth-order valence-electron chi connectivity index (χ4n) is 3.92. The molecular formula is C16H30FN. The molecule has 0 spiro atoms. The number of hydrogen-bond acceptors (Lipinski definition) is 1. The molecule has 1 nitrogen and oxygen atoms in total. The Morgan fingerprint density at radius 1 is 1.11 bits per heavy atom. The van der Waals surface area contributed by atoms with Crippen LogP contribution < -0.4 is 5.32 Å². The normalized spacial score (nSPS) is 37.2. The second-order valence-electron chi connectivity index (χ2n) is 6.75. The van der Waals surface area contributed by atoms with Gasteiger partial charge in [0.2, 0.25) is 0 Å². The van der Waals surface area contributed by atoms with Gasteiger partial charge < -0.3 is 5.32 Å². The van der Waals surface area contributed by atoms with Gasteiger partial charge in [0, 0.05) is 6.04 Å². The van der Waals surface area contributed by atoms with E-state index < -0.39 is 5.67 Å². The van der Waals surface area contributed by atoms with Crippen molar-refractivity contribution in [1.82, 2.24) is 5.32 Å². The lowest BCUT2D eigenvalue weighted by Crippen LogP contribution is -2.43. The quantitative estimate of drug-likeness (QED) is 0.782. The Labute approximate surface area is 112 Å². The maximum absolute atomic E-state index is 15.0. The molecule has 1 aliphatic carbocycles. The molecule has 1 saturated carbocycles. The van der Waals surface area contributed by atoms with Crippen molar-refractivity contribution in [2.24, 2.45) is 11.8 Å². The van der Waals surface area contributed by atoms with Crippen LogP contribution in [0.15, 0.2) is 0 Å². The van der Waals surface area contributed by atoms with E-state index in [2.05, 4.69) is 12.2 Å². The number of halogens is 1. The number of nitrogens with one attached hydrogen (secondary N) is 1. The average Bonchev–Trinajstić information content (AvgIpc) is 2.39. The van der Waals surface area contributed by atoms with E-state index in [0.29, 0.717) is 12.0 Å². The Kier molecular flexibility index (Phi) is 5.06. The molecule has 0 aromatic heterocycles. The molecule has 1 N–H and O–H groups in total. The lowest BCUT2D eigenvalue weighted by Gasteiger charge is -2.39. The molecule has 2 aliphatic rings. The van der Waals surface area contributed by atoms with E-state index >= 15 is 0 Å². The van der Waals surface area contributed by atoms with Gasteiger partial charge in [0.15, 0.2) is 0 Å². The summed E-state index contributed by atoms with van der Waals surface area (Å²) in [4.78, 5) is 0. The summed E-state index contributed by atoms with van der Waals surface area (Å²) in [5.74, 6) is 1.17. The van der Waals surface area contributed by atoms with Crippen LogP contribution >= 0.6 is 0 Å². The third kappa shape index (κ3) is 3.69. The number of alkyl halides is 1. The van der Waals surface area contributed by atoms with Gasteiger partial charge in [0.1, 0.15) is 5.67 Å². The Balaban J connectivity index is 1.82. The summed E-state index contributed by atoms with van der Waals surface area (Å²) in [5, 5.41) is 3.49. The van der Waals surface area contributed by atoms with Gasteiger partial charge in [-0.25, -0.2) is 4.39 Å². The first-order chi connectivity index (χ1) is 8.62. The predicted molar refractivity (Wildman–Crippen MR) is 75.5 cm³/mol. The molecule has 106 valence electrons. The van der Waals surface area contributed by atoms with E-state index in [9.17, 15) is 4.39 Å². The van der Waals surface area contributed by atoms with Crippen LogP contribution in [0.2, 0.25) is 0 Å². The highest BCUT2D eigenvalue weighted by molar-refractivity contribution is 4.90. The zero-order valence-electron chi connectivity index (χ0n) is 12.2. The van der Waals surface area contributed by atoms with Gasteiger partial charge in [-0.05, 0) is 57.4 Å². The summed E-state index contributed by atoms with van der Waals surface area (Å²) < 4.78 is 15.0. The predicted octanol–water partition coefficient (Wildman–Crippen LogP) is 4.46. The molecule has 2 atom stereocenters. The third-order valence-electron chi connectivity index (χ3n) is 5.33. The van der Waals surface area contributed by atoms with Crippen molar-refractivity contribution in [1.29, 1.82) is 0 Å². The molecule has 2 rings (SSSR count). The largest absolute Gasteiger partial charge is 0.314 e. The van der Waals surface area contributed by atoms with E-state index in [1.54, 1.807) is 0 Å². The minimum absolute atomic E-state index is 0.309. The van der Waals surface area contributed by atoms with E-state index in [-0.39, 0.29) is 0 Å². The first-order valence-electron chi connectivity index (χ1n) is 8.04. The van der Waals surface area contributed by atoms with E-state index in [0.717, 1.165) is 31.7 Å². The minimum Gasteiger partial charge on any atom is -0.314 e. The standard InChI is InChI=1S/C16H30FN/c1-3-13-7-9-14(10-8-13)16(2,17)12-15-6-4-5-11-18-15/h13-15,18H,3-12H2,1-2H3. The number of piperidine rings is 1. The maximum Gasteiger partial charge on any atom is 0.112 e. The highest BCUT2D eigenvalue weighted by Gasteiger charge is 2.38. The van der Waals surface area contributed by atoms with Crippen molar-refractivity contribution >= 4 is 0 Å². The summed E-state index contributed by atoms with van der Waals surface area (Å²) in [5.41, 5.74) is -0.951. The molecule has 1 saturated heterocycles. The average molecular weight is 255 g/mol. The molecule has 1 aliphatic heterocycles. The first-order valence-corrected chi connectivity index (χ1v) is 8.04. The highest BCUT2D eigenvalue weighted by Crippen LogP contribution is 2.41. The zero-order chi connectivity index (χ0) is 13.0. The Bertz CT molecular complexity index is 237. The smallest absolute Gasteiger partial charge is 0.112 e. The Morgan fingerprint density at radius 3 is 2.39 bits per heavy atom. The van der Waals surface area contributed by atoms with Gasteiger partial charge in [-0.2, -0.15) is 0 Å². The van der Waals surface area contributed by atoms with Gasteiger partial charge in [-0.3, -0.25) is 0 Å². The fourth-order valence-corrected chi connectivity index (χ4v) is 3.92. The maximum atomic E-state index is 15.0. The molecule has 18 heavy (non-hydrogen) atoms. The fraction of sp³-hybridized carbons (Fsp3) is 1.00. The van der Waals surface area contributed by atoms with E-state index in [4.69, 9.17) is 0 Å². The van der Waals surface area contributed by atoms with Crippen molar-refractivity contribution < 1.29 is 4.39 Å². The Morgan fingerprint density at radius 2 is 1.83 bits per heavy atom. The summed E-state index contributed by atoms with van der Waals surface area (Å²) in [6, 6.07) is 0.428. The van der Waals surface area contributed by atoms with Crippen LogP contribution in [0.5, 0.6) is 0 Å². The van der Waals surface area contributed by atoms with Crippen LogP contribution in [0.4, 0.5) is 4.39 Å². The summed E-state index contributed by atoms with van der Waals surface area (Å²) in [6.45, 7) is 5.22. The summed E-state index contributed by atoms with van der Waals surface area (Å²) in [7, 11) is 0. The first kappa shape index (κ1) is 14.3. The van der Waals surface area contributed by atoms with Crippen molar-refractivity contribution in [3.63, 3.8) is 0 Å². The van der Waals surface area contributed by atoms with Crippen molar-refractivity contribution in [3.8, 4) is 0 Å². The molecule has 0 radical (unpaired) electrons. The molecule has 0 bridgehead atoms. The lowest BCUT2D eigenvalue weighted by molar-refractivity contribution is 0.0411. The van der Waals surface area contributed by atoms with Crippen LogP contribution in [-0.4, -0.2) is 18.3 Å². The molecule has 1 heterocycles. The molecule has 2 fully saturated rings. The van der Waals surface area contributed by atoms with Gasteiger partial charge in [-0.15, -0.1) is 0 Å². The highest BCUT2D eigenvalue weighted by atomic mass is 19.1. The van der Waals surface area contributed by atoms with Crippen LogP contribution in [0.3, 0.4) is 0 Å². The van der Waals surface area contributed by atoms with Crippen molar-refractivity contribution in [2.45, 2.75) is 83.3 Å². The van der Waals surface area contributed by atoms with Gasteiger partial charge in [-0.1, -0.05) is 32.6 Å². The zero-order valence-corrected chi connectivity index (χ0v) is 12.2. The molecule has 0 aromatic rings. The second-order valence-corrected chi connectivity index (χ2v) is 6.75.